The first kappa shape index (κ1) is 18.9. The third-order valence-corrected chi connectivity index (χ3v) is 6.02. The van der Waals surface area contributed by atoms with Crippen molar-refractivity contribution in [2.45, 2.75) is 38.8 Å². The number of tetrazole rings is 1. The Kier molecular flexibility index (Phi) is 5.57. The van der Waals surface area contributed by atoms with Crippen molar-refractivity contribution in [1.82, 2.24) is 30.0 Å². The maximum Gasteiger partial charge on any atom is 0.224 e. The number of carbonyl (C=O) groups excluding carboxylic acids is 1. The SMILES string of the molecule is COc1cccc(CN2CCCC3(CCN(C(=O)CCn4cnnn4)C3)C2)c1. The topological polar surface area (TPSA) is 76.4 Å². The molecule has 8 nitrogen and oxygen atoms in total. The number of methoxy groups -OCH3 is 1. The van der Waals surface area contributed by atoms with Gasteiger partial charge in [-0.1, -0.05) is 12.1 Å². The second kappa shape index (κ2) is 8.26. The summed E-state index contributed by atoms with van der Waals surface area (Å²) < 4.78 is 6.96. The highest BCUT2D eigenvalue weighted by molar-refractivity contribution is 5.76. The molecule has 4 rings (SSSR count). The van der Waals surface area contributed by atoms with E-state index in [9.17, 15) is 4.79 Å². The van der Waals surface area contributed by atoms with Crippen LogP contribution >= 0.6 is 0 Å². The van der Waals surface area contributed by atoms with E-state index >= 15 is 0 Å². The zero-order valence-corrected chi connectivity index (χ0v) is 16.5. The molecule has 28 heavy (non-hydrogen) atoms. The van der Waals surface area contributed by atoms with Crippen LogP contribution < -0.4 is 4.74 Å². The molecule has 1 spiro atoms. The Morgan fingerprint density at radius 2 is 2.18 bits per heavy atom. The summed E-state index contributed by atoms with van der Waals surface area (Å²) in [7, 11) is 1.71. The summed E-state index contributed by atoms with van der Waals surface area (Å²) >= 11 is 0. The van der Waals surface area contributed by atoms with Crippen LogP contribution in [0.5, 0.6) is 5.75 Å². The van der Waals surface area contributed by atoms with Gasteiger partial charge in [-0.2, -0.15) is 0 Å². The first-order valence-electron chi connectivity index (χ1n) is 10.00. The molecule has 1 aromatic carbocycles. The summed E-state index contributed by atoms with van der Waals surface area (Å²) in [5.74, 6) is 1.11. The highest BCUT2D eigenvalue weighted by Gasteiger charge is 2.42. The van der Waals surface area contributed by atoms with Crippen LogP contribution in [0, 0.1) is 5.41 Å². The lowest BCUT2D eigenvalue weighted by Gasteiger charge is -2.40. The van der Waals surface area contributed by atoms with E-state index in [-0.39, 0.29) is 11.3 Å². The van der Waals surface area contributed by atoms with Crippen LogP contribution in [0.4, 0.5) is 0 Å². The quantitative estimate of drug-likeness (QED) is 0.753. The van der Waals surface area contributed by atoms with E-state index in [2.05, 4.69) is 38.6 Å². The predicted molar refractivity (Wildman–Crippen MR) is 104 cm³/mol. The number of hydrogen-bond acceptors (Lipinski definition) is 6. The third-order valence-electron chi connectivity index (χ3n) is 6.02. The molecule has 2 aromatic rings. The molecule has 1 amide bonds. The molecular formula is C20H28N6O2. The minimum absolute atomic E-state index is 0.206. The van der Waals surface area contributed by atoms with Gasteiger partial charge in [0.15, 0.2) is 0 Å². The Labute approximate surface area is 165 Å². The smallest absolute Gasteiger partial charge is 0.224 e. The van der Waals surface area contributed by atoms with Crippen LogP contribution in [-0.4, -0.2) is 69.2 Å². The highest BCUT2D eigenvalue weighted by atomic mass is 16.5. The van der Waals surface area contributed by atoms with Crippen molar-refractivity contribution >= 4 is 5.91 Å². The van der Waals surface area contributed by atoms with Gasteiger partial charge < -0.3 is 9.64 Å². The van der Waals surface area contributed by atoms with E-state index in [0.717, 1.165) is 44.9 Å². The molecule has 0 radical (unpaired) electrons. The molecule has 0 saturated carbocycles. The van der Waals surface area contributed by atoms with Gasteiger partial charge in [-0.15, -0.1) is 5.10 Å². The number of ether oxygens (including phenoxy) is 1. The Bertz CT molecular complexity index is 796. The third kappa shape index (κ3) is 4.32. The van der Waals surface area contributed by atoms with E-state index in [1.54, 1.807) is 18.1 Å². The monoisotopic (exact) mass is 384 g/mol. The van der Waals surface area contributed by atoms with Gasteiger partial charge in [0.05, 0.1) is 13.7 Å². The average molecular weight is 384 g/mol. The van der Waals surface area contributed by atoms with Gasteiger partial charge in [-0.25, -0.2) is 4.68 Å². The molecule has 2 aliphatic heterocycles. The lowest BCUT2D eigenvalue weighted by atomic mass is 9.79. The molecule has 2 fully saturated rings. The maximum atomic E-state index is 12.6. The summed E-state index contributed by atoms with van der Waals surface area (Å²) in [5.41, 5.74) is 1.52. The van der Waals surface area contributed by atoms with Gasteiger partial charge in [-0.05, 0) is 53.9 Å². The largest absolute Gasteiger partial charge is 0.497 e. The summed E-state index contributed by atoms with van der Waals surface area (Å²) in [5, 5.41) is 11.1. The number of benzene rings is 1. The van der Waals surface area contributed by atoms with Crippen molar-refractivity contribution < 1.29 is 9.53 Å². The lowest BCUT2D eigenvalue weighted by Crippen LogP contribution is -2.45. The Morgan fingerprint density at radius 3 is 3.00 bits per heavy atom. The summed E-state index contributed by atoms with van der Waals surface area (Å²) in [6.07, 6.45) is 5.50. The number of nitrogens with zero attached hydrogens (tertiary/aromatic N) is 6. The first-order chi connectivity index (χ1) is 13.7. The van der Waals surface area contributed by atoms with Crippen molar-refractivity contribution in [1.29, 1.82) is 0 Å². The molecule has 3 heterocycles. The van der Waals surface area contributed by atoms with E-state index in [1.807, 2.05) is 11.0 Å². The van der Waals surface area contributed by atoms with Crippen LogP contribution in [0.3, 0.4) is 0 Å². The summed E-state index contributed by atoms with van der Waals surface area (Å²) in [6, 6.07) is 8.31. The number of rotatable bonds is 6. The normalized spacial score (nSPS) is 22.7. The summed E-state index contributed by atoms with van der Waals surface area (Å²) in [4.78, 5) is 17.2. The number of amides is 1. The van der Waals surface area contributed by atoms with Crippen LogP contribution in [0.25, 0.3) is 0 Å². The second-order valence-corrected chi connectivity index (χ2v) is 8.05. The fourth-order valence-electron chi connectivity index (χ4n) is 4.61. The van der Waals surface area contributed by atoms with Gasteiger partial charge in [0, 0.05) is 38.0 Å². The predicted octanol–water partition coefficient (Wildman–Crippen LogP) is 1.59. The minimum atomic E-state index is 0.206. The zero-order valence-electron chi connectivity index (χ0n) is 16.5. The van der Waals surface area contributed by atoms with Crippen LogP contribution in [0.1, 0.15) is 31.2 Å². The number of piperidine rings is 1. The molecule has 1 aromatic heterocycles. The Balaban J connectivity index is 1.32. The first-order valence-corrected chi connectivity index (χ1v) is 10.00. The molecule has 1 atom stereocenters. The molecule has 8 heteroatoms. The van der Waals surface area contributed by atoms with E-state index in [1.165, 1.54) is 18.4 Å². The molecule has 150 valence electrons. The van der Waals surface area contributed by atoms with Gasteiger partial charge in [-0.3, -0.25) is 9.69 Å². The average Bonchev–Trinajstić information content (AvgIpc) is 3.37. The van der Waals surface area contributed by atoms with Gasteiger partial charge in [0.2, 0.25) is 5.91 Å². The number of hydrogen-bond donors (Lipinski definition) is 0. The molecule has 1 unspecified atom stereocenters. The summed E-state index contributed by atoms with van der Waals surface area (Å²) in [6.45, 7) is 5.38. The Morgan fingerprint density at radius 1 is 1.25 bits per heavy atom. The molecular weight excluding hydrogens is 356 g/mol. The highest BCUT2D eigenvalue weighted by Crippen LogP contribution is 2.39. The number of aryl methyl sites for hydroxylation is 1. The lowest BCUT2D eigenvalue weighted by molar-refractivity contribution is -0.131. The van der Waals surface area contributed by atoms with Crippen molar-refractivity contribution in [3.05, 3.63) is 36.2 Å². The van der Waals surface area contributed by atoms with Crippen LogP contribution in [-0.2, 0) is 17.9 Å². The van der Waals surface area contributed by atoms with Crippen molar-refractivity contribution in [2.24, 2.45) is 5.41 Å². The molecule has 0 bridgehead atoms. The fraction of sp³-hybridized carbons (Fsp3) is 0.600. The maximum absolute atomic E-state index is 12.6. The minimum Gasteiger partial charge on any atom is -0.497 e. The van der Waals surface area contributed by atoms with Crippen LogP contribution in [0.15, 0.2) is 30.6 Å². The second-order valence-electron chi connectivity index (χ2n) is 8.05. The van der Waals surface area contributed by atoms with Crippen molar-refractivity contribution in [3.8, 4) is 5.75 Å². The Hall–Kier alpha value is -2.48. The molecule has 2 aliphatic rings. The molecule has 2 saturated heterocycles. The number of carbonyl (C=O) groups is 1. The van der Waals surface area contributed by atoms with Crippen molar-refractivity contribution in [2.75, 3.05) is 33.3 Å². The number of likely N-dealkylation sites (tertiary alicyclic amines) is 2. The van der Waals surface area contributed by atoms with E-state index < -0.39 is 0 Å². The van der Waals surface area contributed by atoms with Gasteiger partial charge in [0.1, 0.15) is 12.1 Å². The van der Waals surface area contributed by atoms with Gasteiger partial charge >= 0.3 is 0 Å². The van der Waals surface area contributed by atoms with Crippen molar-refractivity contribution in [3.63, 3.8) is 0 Å². The number of aromatic nitrogens is 4. The van der Waals surface area contributed by atoms with Gasteiger partial charge in [0.25, 0.3) is 0 Å². The van der Waals surface area contributed by atoms with Crippen LogP contribution in [0.2, 0.25) is 0 Å². The standard InChI is InChI=1S/C20H28N6O2/c1-28-18-5-2-4-17(12-18)13-24-9-3-7-20(14-24)8-11-25(15-20)19(27)6-10-26-16-21-22-23-26/h2,4-5,12,16H,3,6-11,13-15H2,1H3. The molecule has 0 aliphatic carbocycles. The van der Waals surface area contributed by atoms with E-state index in [0.29, 0.717) is 13.0 Å². The fourth-order valence-corrected chi connectivity index (χ4v) is 4.61. The zero-order chi connectivity index (χ0) is 19.4. The van der Waals surface area contributed by atoms with E-state index in [4.69, 9.17) is 4.74 Å². The molecule has 0 N–H and O–H groups in total.